The highest BCUT2D eigenvalue weighted by Gasteiger charge is 2.34. The van der Waals surface area contributed by atoms with Crippen LogP contribution in [0.5, 0.6) is 0 Å². The van der Waals surface area contributed by atoms with Gasteiger partial charge in [-0.1, -0.05) is 6.07 Å². The Morgan fingerprint density at radius 2 is 2.08 bits per heavy atom. The summed E-state index contributed by atoms with van der Waals surface area (Å²) in [5.41, 5.74) is 0. The first-order chi connectivity index (χ1) is 11.9. The van der Waals surface area contributed by atoms with E-state index in [2.05, 4.69) is 0 Å². The van der Waals surface area contributed by atoms with E-state index in [1.807, 2.05) is 13.8 Å². The third-order valence-electron chi connectivity index (χ3n) is 4.26. The minimum atomic E-state index is -3.57. The van der Waals surface area contributed by atoms with Crippen molar-refractivity contribution in [1.29, 1.82) is 0 Å². The van der Waals surface area contributed by atoms with Crippen LogP contribution in [0.4, 0.5) is 0 Å². The van der Waals surface area contributed by atoms with Gasteiger partial charge in [0.25, 0.3) is 15.9 Å². The van der Waals surface area contributed by atoms with Gasteiger partial charge in [0, 0.05) is 26.2 Å². The van der Waals surface area contributed by atoms with E-state index in [1.54, 1.807) is 22.4 Å². The molecule has 0 aliphatic carbocycles. The normalized spacial score (nSPS) is 18.7. The van der Waals surface area contributed by atoms with Gasteiger partial charge in [-0.25, -0.2) is 8.42 Å². The first-order valence-corrected chi connectivity index (χ1v) is 10.7. The summed E-state index contributed by atoms with van der Waals surface area (Å²) in [4.78, 5) is 25.7. The van der Waals surface area contributed by atoms with Crippen LogP contribution in [0.15, 0.2) is 21.7 Å². The number of rotatable bonds is 7. The fourth-order valence-corrected chi connectivity index (χ4v) is 5.48. The van der Waals surface area contributed by atoms with Gasteiger partial charge in [0.05, 0.1) is 5.92 Å². The second-order valence-corrected chi connectivity index (χ2v) is 8.92. The Labute approximate surface area is 152 Å². The maximum Gasteiger partial charge on any atom is 0.310 e. The molecule has 140 valence electrons. The predicted octanol–water partition coefficient (Wildman–Crippen LogP) is 1.56. The van der Waals surface area contributed by atoms with Crippen LogP contribution in [-0.2, 0) is 24.3 Å². The fourth-order valence-electron chi connectivity index (χ4n) is 2.81. The molecule has 1 atom stereocenters. The number of piperidine rings is 1. The Morgan fingerprint density at radius 1 is 1.36 bits per heavy atom. The van der Waals surface area contributed by atoms with Crippen LogP contribution >= 0.6 is 11.3 Å². The summed E-state index contributed by atoms with van der Waals surface area (Å²) in [5.74, 6) is -1.28. The molecular formula is C16H24N2O5S2. The Hall–Kier alpha value is -1.45. The van der Waals surface area contributed by atoms with Crippen molar-refractivity contribution in [1.82, 2.24) is 9.21 Å². The number of carbonyl (C=O) groups is 2. The van der Waals surface area contributed by atoms with Crippen molar-refractivity contribution in [2.24, 2.45) is 5.92 Å². The lowest BCUT2D eigenvalue weighted by atomic mass is 10.00. The smallest absolute Gasteiger partial charge is 0.310 e. The first-order valence-electron chi connectivity index (χ1n) is 8.38. The number of amides is 1. The van der Waals surface area contributed by atoms with Crippen molar-refractivity contribution >= 4 is 33.2 Å². The highest BCUT2D eigenvalue weighted by molar-refractivity contribution is 7.91. The molecule has 0 spiro atoms. The van der Waals surface area contributed by atoms with Crippen LogP contribution < -0.4 is 0 Å². The molecule has 1 amide bonds. The lowest BCUT2D eigenvalue weighted by Gasteiger charge is -2.30. The zero-order valence-electron chi connectivity index (χ0n) is 14.5. The van der Waals surface area contributed by atoms with E-state index in [4.69, 9.17) is 4.74 Å². The molecule has 1 aromatic rings. The number of hydrogen-bond acceptors (Lipinski definition) is 6. The van der Waals surface area contributed by atoms with E-state index in [0.29, 0.717) is 32.5 Å². The average Bonchev–Trinajstić information content (AvgIpc) is 3.16. The Balaban J connectivity index is 1.94. The summed E-state index contributed by atoms with van der Waals surface area (Å²) < 4.78 is 31.9. The van der Waals surface area contributed by atoms with E-state index < -0.39 is 21.9 Å². The summed E-state index contributed by atoms with van der Waals surface area (Å²) in [6, 6.07) is 3.25. The highest BCUT2D eigenvalue weighted by atomic mass is 32.2. The summed E-state index contributed by atoms with van der Waals surface area (Å²) >= 11 is 1.16. The molecule has 0 N–H and O–H groups in total. The van der Waals surface area contributed by atoms with Gasteiger partial charge in [-0.15, -0.1) is 11.3 Å². The monoisotopic (exact) mass is 388 g/mol. The van der Waals surface area contributed by atoms with Gasteiger partial charge in [-0.3, -0.25) is 9.59 Å². The SMILES string of the molecule is CCN(CC)C(=O)COC(=O)C1CCCN(S(=O)(=O)c2cccs2)C1. The van der Waals surface area contributed by atoms with Crippen LogP contribution in [0.3, 0.4) is 0 Å². The maximum absolute atomic E-state index is 12.6. The van der Waals surface area contributed by atoms with Crippen molar-refractivity contribution in [3.63, 3.8) is 0 Å². The summed E-state index contributed by atoms with van der Waals surface area (Å²) in [7, 11) is -3.57. The molecule has 1 fully saturated rings. The lowest BCUT2D eigenvalue weighted by Crippen LogP contribution is -2.43. The number of esters is 1. The number of ether oxygens (including phenoxy) is 1. The molecule has 0 radical (unpaired) electrons. The Bertz CT molecular complexity index is 683. The summed E-state index contributed by atoms with van der Waals surface area (Å²) in [6.07, 6.45) is 1.16. The Morgan fingerprint density at radius 3 is 2.68 bits per heavy atom. The quantitative estimate of drug-likeness (QED) is 0.662. The molecule has 1 aliphatic heterocycles. The molecule has 2 heterocycles. The highest BCUT2D eigenvalue weighted by Crippen LogP contribution is 2.26. The molecule has 0 saturated carbocycles. The largest absolute Gasteiger partial charge is 0.455 e. The van der Waals surface area contributed by atoms with Crippen molar-refractivity contribution in [2.75, 3.05) is 32.8 Å². The van der Waals surface area contributed by atoms with Crippen LogP contribution in [0.2, 0.25) is 0 Å². The molecule has 9 heteroatoms. The molecule has 1 aliphatic rings. The molecule has 0 bridgehead atoms. The number of hydrogen-bond donors (Lipinski definition) is 0. The minimum absolute atomic E-state index is 0.0958. The van der Waals surface area contributed by atoms with Gasteiger partial charge in [-0.05, 0) is 38.1 Å². The third-order valence-corrected chi connectivity index (χ3v) is 7.50. The van der Waals surface area contributed by atoms with Crippen molar-refractivity contribution in [3.05, 3.63) is 17.5 Å². The molecule has 1 aromatic heterocycles. The number of carbonyl (C=O) groups excluding carboxylic acids is 2. The van der Waals surface area contributed by atoms with Crippen molar-refractivity contribution in [2.45, 2.75) is 30.9 Å². The lowest BCUT2D eigenvalue weighted by molar-refractivity contribution is -0.156. The van der Waals surface area contributed by atoms with Gasteiger partial charge >= 0.3 is 5.97 Å². The van der Waals surface area contributed by atoms with Crippen LogP contribution in [0.25, 0.3) is 0 Å². The number of likely N-dealkylation sites (N-methyl/N-ethyl adjacent to an activating group) is 1. The topological polar surface area (TPSA) is 84.0 Å². The molecule has 1 saturated heterocycles. The van der Waals surface area contributed by atoms with Crippen LogP contribution in [0.1, 0.15) is 26.7 Å². The summed E-state index contributed by atoms with van der Waals surface area (Å²) in [6.45, 7) is 5.03. The van der Waals surface area contributed by atoms with Gasteiger partial charge < -0.3 is 9.64 Å². The van der Waals surface area contributed by atoms with E-state index >= 15 is 0 Å². The molecule has 2 rings (SSSR count). The number of thiophene rings is 1. The van der Waals surface area contributed by atoms with Crippen molar-refractivity contribution < 1.29 is 22.7 Å². The predicted molar refractivity (Wildman–Crippen MR) is 94.7 cm³/mol. The van der Waals surface area contributed by atoms with E-state index in [-0.39, 0.29) is 23.3 Å². The van der Waals surface area contributed by atoms with Crippen LogP contribution in [-0.4, -0.2) is 62.3 Å². The van der Waals surface area contributed by atoms with Crippen molar-refractivity contribution in [3.8, 4) is 0 Å². The number of nitrogens with zero attached hydrogens (tertiary/aromatic N) is 2. The van der Waals surface area contributed by atoms with Gasteiger partial charge in [0.15, 0.2) is 6.61 Å². The minimum Gasteiger partial charge on any atom is -0.455 e. The first kappa shape index (κ1) is 19.9. The molecular weight excluding hydrogens is 364 g/mol. The summed E-state index contributed by atoms with van der Waals surface area (Å²) in [5, 5.41) is 1.71. The second-order valence-electron chi connectivity index (χ2n) is 5.81. The zero-order chi connectivity index (χ0) is 18.4. The second kappa shape index (κ2) is 8.77. The van der Waals surface area contributed by atoms with Gasteiger partial charge in [-0.2, -0.15) is 4.31 Å². The van der Waals surface area contributed by atoms with Gasteiger partial charge in [0.1, 0.15) is 4.21 Å². The van der Waals surface area contributed by atoms with E-state index in [1.165, 1.54) is 4.31 Å². The average molecular weight is 389 g/mol. The van der Waals surface area contributed by atoms with Crippen LogP contribution in [0, 0.1) is 5.92 Å². The molecule has 25 heavy (non-hydrogen) atoms. The molecule has 1 unspecified atom stereocenters. The maximum atomic E-state index is 12.6. The standard InChI is InChI=1S/C16H24N2O5S2/c1-3-17(4-2)14(19)12-23-16(20)13-7-5-9-18(11-13)25(21,22)15-8-6-10-24-15/h6,8,10,13H,3-5,7,9,11-12H2,1-2H3. The fraction of sp³-hybridized carbons (Fsp3) is 0.625. The zero-order valence-corrected chi connectivity index (χ0v) is 16.1. The number of sulfonamides is 1. The molecule has 7 nitrogen and oxygen atoms in total. The van der Waals surface area contributed by atoms with E-state index in [0.717, 1.165) is 11.3 Å². The Kier molecular flexibility index (Phi) is 6.97. The van der Waals surface area contributed by atoms with Gasteiger partial charge in [0.2, 0.25) is 0 Å². The van der Waals surface area contributed by atoms with E-state index in [9.17, 15) is 18.0 Å². The molecule has 0 aromatic carbocycles. The third kappa shape index (κ3) is 4.80.